The van der Waals surface area contributed by atoms with Crippen LogP contribution in [-0.2, 0) is 6.54 Å². The van der Waals surface area contributed by atoms with Gasteiger partial charge in [0.2, 0.25) is 5.89 Å². The summed E-state index contributed by atoms with van der Waals surface area (Å²) in [4.78, 5) is 2.21. The number of hydrogen-bond donors (Lipinski definition) is 1. The molecular weight excluding hydrogens is 282 g/mol. The Bertz CT molecular complexity index is 614. The molecule has 0 bridgehead atoms. The predicted molar refractivity (Wildman–Crippen MR) is 81.4 cm³/mol. The minimum absolute atomic E-state index is 0.174. The summed E-state index contributed by atoms with van der Waals surface area (Å²) in [5.74, 6) is 1.75. The van der Waals surface area contributed by atoms with Crippen molar-refractivity contribution in [3.8, 4) is 17.2 Å². The molecule has 0 aliphatic carbocycles. The molecule has 6 nitrogen and oxygen atoms in total. The van der Waals surface area contributed by atoms with Crippen LogP contribution in [0.1, 0.15) is 25.2 Å². The second-order valence-corrected chi connectivity index (χ2v) is 5.50. The van der Waals surface area contributed by atoms with Crippen molar-refractivity contribution in [1.82, 2.24) is 15.1 Å². The van der Waals surface area contributed by atoms with Crippen molar-refractivity contribution in [2.75, 3.05) is 20.3 Å². The Hall–Kier alpha value is -1.92. The summed E-state index contributed by atoms with van der Waals surface area (Å²) >= 11 is 0. The first-order valence-electron chi connectivity index (χ1n) is 7.62. The molecule has 1 aromatic heterocycles. The van der Waals surface area contributed by atoms with Crippen LogP contribution in [-0.4, -0.2) is 46.5 Å². The van der Waals surface area contributed by atoms with Crippen molar-refractivity contribution in [1.29, 1.82) is 0 Å². The maximum absolute atomic E-state index is 9.47. The van der Waals surface area contributed by atoms with Crippen LogP contribution in [0.2, 0.25) is 0 Å². The van der Waals surface area contributed by atoms with Gasteiger partial charge in [0.15, 0.2) is 0 Å². The number of aliphatic hydroxyl groups excluding tert-OH is 1. The van der Waals surface area contributed by atoms with Crippen LogP contribution in [0.3, 0.4) is 0 Å². The highest BCUT2D eigenvalue weighted by atomic mass is 16.5. The fourth-order valence-electron chi connectivity index (χ4n) is 2.90. The Kier molecular flexibility index (Phi) is 4.70. The zero-order valence-corrected chi connectivity index (χ0v) is 12.7. The minimum atomic E-state index is 0.174. The van der Waals surface area contributed by atoms with Crippen LogP contribution in [0.15, 0.2) is 28.7 Å². The van der Waals surface area contributed by atoms with Gasteiger partial charge < -0.3 is 14.3 Å². The Balaban J connectivity index is 1.76. The highest BCUT2D eigenvalue weighted by molar-refractivity contribution is 5.62. The molecule has 6 heteroatoms. The Labute approximate surface area is 129 Å². The number of para-hydroxylation sites is 1. The number of piperidine rings is 1. The summed E-state index contributed by atoms with van der Waals surface area (Å²) in [5.41, 5.74) is 0.793. The zero-order chi connectivity index (χ0) is 15.4. The second kappa shape index (κ2) is 6.89. The molecule has 1 atom stereocenters. The highest BCUT2D eigenvalue weighted by Crippen LogP contribution is 2.29. The number of ether oxygens (including phenoxy) is 1. The van der Waals surface area contributed by atoms with Crippen molar-refractivity contribution in [3.63, 3.8) is 0 Å². The molecule has 1 fully saturated rings. The summed E-state index contributed by atoms with van der Waals surface area (Å²) in [5, 5.41) is 17.7. The van der Waals surface area contributed by atoms with Gasteiger partial charge >= 0.3 is 0 Å². The van der Waals surface area contributed by atoms with E-state index in [-0.39, 0.29) is 12.6 Å². The summed E-state index contributed by atoms with van der Waals surface area (Å²) in [6.07, 6.45) is 3.33. The largest absolute Gasteiger partial charge is 0.496 e. The van der Waals surface area contributed by atoms with E-state index in [1.165, 1.54) is 0 Å². The van der Waals surface area contributed by atoms with Gasteiger partial charge in [0, 0.05) is 6.04 Å². The first kappa shape index (κ1) is 15.0. The monoisotopic (exact) mass is 303 g/mol. The van der Waals surface area contributed by atoms with E-state index in [9.17, 15) is 5.11 Å². The van der Waals surface area contributed by atoms with E-state index in [2.05, 4.69) is 15.1 Å². The lowest BCUT2D eigenvalue weighted by molar-refractivity contribution is 0.0769. The Morgan fingerprint density at radius 1 is 1.32 bits per heavy atom. The number of benzene rings is 1. The molecule has 22 heavy (non-hydrogen) atoms. The molecule has 1 saturated heterocycles. The topological polar surface area (TPSA) is 71.6 Å². The maximum Gasteiger partial charge on any atom is 0.251 e. The van der Waals surface area contributed by atoms with Gasteiger partial charge in [0.1, 0.15) is 5.75 Å². The zero-order valence-electron chi connectivity index (χ0n) is 12.7. The number of rotatable bonds is 5. The second-order valence-electron chi connectivity index (χ2n) is 5.50. The lowest BCUT2D eigenvalue weighted by Crippen LogP contribution is -2.41. The summed E-state index contributed by atoms with van der Waals surface area (Å²) in [6, 6.07) is 7.77. The van der Waals surface area contributed by atoms with E-state index >= 15 is 0 Å². The lowest BCUT2D eigenvalue weighted by Gasteiger charge is -2.33. The standard InChI is InChI=1S/C16H21N3O3/c1-21-14-8-3-2-7-13(14)16-18-17-15(22-16)10-19-9-5-4-6-12(19)11-20/h2-3,7-8,12,20H,4-6,9-11H2,1H3. The Morgan fingerprint density at radius 2 is 2.18 bits per heavy atom. The van der Waals surface area contributed by atoms with Gasteiger partial charge in [-0.1, -0.05) is 18.6 Å². The molecule has 1 unspecified atom stereocenters. The molecule has 3 rings (SSSR count). The van der Waals surface area contributed by atoms with Gasteiger partial charge in [-0.05, 0) is 31.5 Å². The molecule has 1 N–H and O–H groups in total. The van der Waals surface area contributed by atoms with Crippen LogP contribution >= 0.6 is 0 Å². The fraction of sp³-hybridized carbons (Fsp3) is 0.500. The molecule has 0 spiro atoms. The average Bonchev–Trinajstić information content (AvgIpc) is 3.03. The predicted octanol–water partition coefficient (Wildman–Crippen LogP) is 2.09. The molecule has 0 saturated carbocycles. The molecule has 0 amide bonds. The number of nitrogens with zero attached hydrogens (tertiary/aromatic N) is 3. The van der Waals surface area contributed by atoms with Crippen molar-refractivity contribution >= 4 is 0 Å². The third-order valence-electron chi connectivity index (χ3n) is 4.10. The smallest absolute Gasteiger partial charge is 0.251 e. The van der Waals surface area contributed by atoms with E-state index < -0.39 is 0 Å². The van der Waals surface area contributed by atoms with Gasteiger partial charge in [-0.2, -0.15) is 0 Å². The summed E-state index contributed by atoms with van der Waals surface area (Å²) < 4.78 is 11.1. The first-order valence-corrected chi connectivity index (χ1v) is 7.62. The summed E-state index contributed by atoms with van der Waals surface area (Å²) in [7, 11) is 1.62. The first-order chi connectivity index (χ1) is 10.8. The van der Waals surface area contributed by atoms with E-state index in [0.717, 1.165) is 31.4 Å². The SMILES string of the molecule is COc1ccccc1-c1nnc(CN2CCCCC2CO)o1. The van der Waals surface area contributed by atoms with Crippen LogP contribution < -0.4 is 4.74 Å². The fourth-order valence-corrected chi connectivity index (χ4v) is 2.90. The van der Waals surface area contributed by atoms with Gasteiger partial charge in [-0.3, -0.25) is 4.90 Å². The number of aromatic nitrogens is 2. The number of methoxy groups -OCH3 is 1. The lowest BCUT2D eigenvalue weighted by atomic mass is 10.0. The number of hydrogen-bond acceptors (Lipinski definition) is 6. The van der Waals surface area contributed by atoms with E-state index in [4.69, 9.17) is 9.15 Å². The Morgan fingerprint density at radius 3 is 3.00 bits per heavy atom. The summed E-state index contributed by atoms with van der Waals surface area (Å²) in [6.45, 7) is 1.71. The van der Waals surface area contributed by atoms with Gasteiger partial charge in [0.05, 0.1) is 25.8 Å². The van der Waals surface area contributed by atoms with Crippen LogP contribution in [0.5, 0.6) is 5.75 Å². The maximum atomic E-state index is 9.47. The van der Waals surface area contributed by atoms with Crippen LogP contribution in [0, 0.1) is 0 Å². The van der Waals surface area contributed by atoms with Crippen molar-refractivity contribution in [2.45, 2.75) is 31.8 Å². The third-order valence-corrected chi connectivity index (χ3v) is 4.10. The van der Waals surface area contributed by atoms with Gasteiger partial charge in [0.25, 0.3) is 5.89 Å². The van der Waals surface area contributed by atoms with Crippen LogP contribution in [0.4, 0.5) is 0 Å². The van der Waals surface area contributed by atoms with Gasteiger partial charge in [-0.25, -0.2) is 0 Å². The normalized spacial score (nSPS) is 19.3. The van der Waals surface area contributed by atoms with E-state index in [0.29, 0.717) is 24.1 Å². The quantitative estimate of drug-likeness (QED) is 0.912. The minimum Gasteiger partial charge on any atom is -0.496 e. The van der Waals surface area contributed by atoms with Crippen molar-refractivity contribution < 1.29 is 14.3 Å². The number of aliphatic hydroxyl groups is 1. The molecule has 1 aliphatic heterocycles. The van der Waals surface area contributed by atoms with E-state index in [1.54, 1.807) is 7.11 Å². The average molecular weight is 303 g/mol. The highest BCUT2D eigenvalue weighted by Gasteiger charge is 2.24. The molecular formula is C16H21N3O3. The molecule has 2 heterocycles. The van der Waals surface area contributed by atoms with E-state index in [1.807, 2.05) is 24.3 Å². The molecule has 118 valence electrons. The molecule has 1 aliphatic rings. The van der Waals surface area contributed by atoms with Gasteiger partial charge in [-0.15, -0.1) is 10.2 Å². The molecule has 0 radical (unpaired) electrons. The number of likely N-dealkylation sites (tertiary alicyclic amines) is 1. The third kappa shape index (κ3) is 3.13. The van der Waals surface area contributed by atoms with Crippen molar-refractivity contribution in [2.24, 2.45) is 0 Å². The molecule has 2 aromatic rings. The van der Waals surface area contributed by atoms with Crippen LogP contribution in [0.25, 0.3) is 11.5 Å². The van der Waals surface area contributed by atoms with Crippen molar-refractivity contribution in [3.05, 3.63) is 30.2 Å². The molecule has 1 aromatic carbocycles.